The fraction of sp³-hybridized carbons (Fsp3) is 0.174. The monoisotopic (exact) mass is 393 g/mol. The van der Waals surface area contributed by atoms with E-state index in [1.165, 1.54) is 0 Å². The summed E-state index contributed by atoms with van der Waals surface area (Å²) < 4.78 is 10.8. The number of aliphatic hydroxyl groups is 2. The van der Waals surface area contributed by atoms with Crippen molar-refractivity contribution in [1.29, 1.82) is 0 Å². The normalized spacial score (nSPS) is 12.6. The summed E-state index contributed by atoms with van der Waals surface area (Å²) in [5.74, 6) is 1.32. The van der Waals surface area contributed by atoms with Gasteiger partial charge in [-0.05, 0) is 35.4 Å². The van der Waals surface area contributed by atoms with E-state index in [4.69, 9.17) is 9.47 Å². The fourth-order valence-electron chi connectivity index (χ4n) is 2.65. The largest absolute Gasteiger partial charge is 0.457 e. The predicted molar refractivity (Wildman–Crippen MR) is 109 cm³/mol. The van der Waals surface area contributed by atoms with E-state index in [9.17, 15) is 15.0 Å². The quantitative estimate of drug-likeness (QED) is 0.542. The molecule has 1 amide bonds. The zero-order valence-electron chi connectivity index (χ0n) is 15.8. The highest BCUT2D eigenvalue weighted by molar-refractivity contribution is 5.67. The minimum Gasteiger partial charge on any atom is -0.457 e. The van der Waals surface area contributed by atoms with Gasteiger partial charge in [0.1, 0.15) is 30.3 Å². The molecule has 0 aliphatic heterocycles. The molecular weight excluding hydrogens is 370 g/mol. The Balaban J connectivity index is 1.45. The lowest BCUT2D eigenvalue weighted by Gasteiger charge is -2.19. The summed E-state index contributed by atoms with van der Waals surface area (Å²) in [7, 11) is 0. The van der Waals surface area contributed by atoms with Crippen molar-refractivity contribution in [2.24, 2.45) is 0 Å². The number of carbonyl (C=O) groups is 1. The number of nitrogens with one attached hydrogen (secondary N) is 1. The molecule has 6 heteroatoms. The number of carbonyl (C=O) groups excluding carboxylic acids is 1. The third-order valence-electron chi connectivity index (χ3n) is 4.23. The number of hydrogen-bond acceptors (Lipinski definition) is 5. The molecule has 3 aromatic carbocycles. The predicted octanol–water partition coefficient (Wildman–Crippen LogP) is 3.80. The standard InChI is InChI=1S/C23H23NO5/c25-21(15-24-23(27)28-16-17-7-3-1-4-8-17)22(26)18-11-13-20(14-12-18)29-19-9-5-2-6-10-19/h1-14,21-22,25-26H,15-16H2,(H,24,27). The van der Waals surface area contributed by atoms with Crippen molar-refractivity contribution in [3.05, 3.63) is 96.1 Å². The van der Waals surface area contributed by atoms with E-state index in [0.717, 1.165) is 5.56 Å². The lowest BCUT2D eigenvalue weighted by Crippen LogP contribution is -2.35. The van der Waals surface area contributed by atoms with E-state index in [2.05, 4.69) is 5.32 Å². The highest BCUT2D eigenvalue weighted by atomic mass is 16.5. The van der Waals surface area contributed by atoms with Crippen molar-refractivity contribution >= 4 is 6.09 Å². The van der Waals surface area contributed by atoms with Crippen LogP contribution in [-0.4, -0.2) is 29.0 Å². The van der Waals surface area contributed by atoms with Gasteiger partial charge in [0.2, 0.25) is 0 Å². The van der Waals surface area contributed by atoms with E-state index in [1.54, 1.807) is 24.3 Å². The fourth-order valence-corrected chi connectivity index (χ4v) is 2.65. The number of alkyl carbamates (subject to hydrolysis) is 1. The molecule has 6 nitrogen and oxygen atoms in total. The van der Waals surface area contributed by atoms with E-state index >= 15 is 0 Å². The van der Waals surface area contributed by atoms with Crippen LogP contribution < -0.4 is 10.1 Å². The lowest BCUT2D eigenvalue weighted by molar-refractivity contribution is 0.0184. The highest BCUT2D eigenvalue weighted by Crippen LogP contribution is 2.24. The topological polar surface area (TPSA) is 88.0 Å². The summed E-state index contributed by atoms with van der Waals surface area (Å²) in [6.45, 7) is -0.00868. The zero-order valence-corrected chi connectivity index (χ0v) is 15.8. The lowest BCUT2D eigenvalue weighted by atomic mass is 10.0. The molecule has 0 saturated heterocycles. The number of hydrogen-bond donors (Lipinski definition) is 3. The van der Waals surface area contributed by atoms with E-state index in [0.29, 0.717) is 17.1 Å². The highest BCUT2D eigenvalue weighted by Gasteiger charge is 2.19. The number of amides is 1. The number of rotatable bonds is 8. The molecule has 150 valence electrons. The third-order valence-corrected chi connectivity index (χ3v) is 4.23. The van der Waals surface area contributed by atoms with Crippen molar-refractivity contribution < 1.29 is 24.5 Å². The molecule has 3 N–H and O–H groups in total. The summed E-state index contributed by atoms with van der Waals surface area (Å²) in [5.41, 5.74) is 1.37. The Morgan fingerprint density at radius 2 is 1.41 bits per heavy atom. The first-order valence-electron chi connectivity index (χ1n) is 9.25. The van der Waals surface area contributed by atoms with Crippen LogP contribution in [0.15, 0.2) is 84.9 Å². The second-order valence-electron chi connectivity index (χ2n) is 6.44. The minimum atomic E-state index is -1.18. The molecule has 0 bridgehead atoms. The van der Waals surface area contributed by atoms with Gasteiger partial charge in [0.15, 0.2) is 0 Å². The zero-order chi connectivity index (χ0) is 20.5. The molecule has 0 aliphatic carbocycles. The Hall–Kier alpha value is -3.35. The van der Waals surface area contributed by atoms with Gasteiger partial charge in [0, 0.05) is 6.54 Å². The number of aliphatic hydroxyl groups excluding tert-OH is 2. The second kappa shape index (κ2) is 10.3. The smallest absolute Gasteiger partial charge is 0.407 e. The van der Waals surface area contributed by atoms with Crippen molar-refractivity contribution in [2.45, 2.75) is 18.8 Å². The van der Waals surface area contributed by atoms with Crippen LogP contribution in [0.1, 0.15) is 17.2 Å². The summed E-state index contributed by atoms with van der Waals surface area (Å²) in [6.07, 6.45) is -3.00. The van der Waals surface area contributed by atoms with Gasteiger partial charge in [-0.15, -0.1) is 0 Å². The van der Waals surface area contributed by atoms with Crippen LogP contribution in [0, 0.1) is 0 Å². The van der Waals surface area contributed by atoms with Gasteiger partial charge < -0.3 is 25.0 Å². The molecule has 2 unspecified atom stereocenters. The van der Waals surface area contributed by atoms with Crippen molar-refractivity contribution in [3.63, 3.8) is 0 Å². The van der Waals surface area contributed by atoms with Crippen LogP contribution in [0.25, 0.3) is 0 Å². The molecule has 0 heterocycles. The Morgan fingerprint density at radius 1 is 0.828 bits per heavy atom. The summed E-state index contributed by atoms with van der Waals surface area (Å²) in [6, 6.07) is 25.4. The molecule has 0 aliphatic rings. The van der Waals surface area contributed by atoms with Gasteiger partial charge in [-0.1, -0.05) is 60.7 Å². The van der Waals surface area contributed by atoms with Gasteiger partial charge >= 0.3 is 6.09 Å². The SMILES string of the molecule is O=C(NCC(O)C(O)c1ccc(Oc2ccccc2)cc1)OCc1ccccc1. The maximum Gasteiger partial charge on any atom is 0.407 e. The van der Waals surface area contributed by atoms with E-state index in [1.807, 2.05) is 60.7 Å². The first kappa shape index (κ1) is 20.4. The molecule has 29 heavy (non-hydrogen) atoms. The molecule has 0 spiro atoms. The number of ether oxygens (including phenoxy) is 2. The summed E-state index contributed by atoms with van der Waals surface area (Å²) in [4.78, 5) is 11.8. The molecule has 3 aromatic rings. The molecular formula is C23H23NO5. The molecule has 0 saturated carbocycles. The summed E-state index contributed by atoms with van der Waals surface area (Å²) >= 11 is 0. The molecule has 2 atom stereocenters. The Kier molecular flexibility index (Phi) is 7.22. The maximum absolute atomic E-state index is 11.8. The Morgan fingerprint density at radius 3 is 2.07 bits per heavy atom. The van der Waals surface area contributed by atoms with Crippen LogP contribution in [0.2, 0.25) is 0 Å². The second-order valence-corrected chi connectivity index (χ2v) is 6.44. The maximum atomic E-state index is 11.8. The van der Waals surface area contributed by atoms with Gasteiger partial charge in [0.25, 0.3) is 0 Å². The first-order valence-corrected chi connectivity index (χ1v) is 9.25. The summed E-state index contributed by atoms with van der Waals surface area (Å²) in [5, 5.41) is 22.9. The average molecular weight is 393 g/mol. The van der Waals surface area contributed by atoms with Crippen molar-refractivity contribution in [3.8, 4) is 11.5 Å². The molecule has 0 aromatic heterocycles. The molecule has 0 fully saturated rings. The van der Waals surface area contributed by atoms with Crippen LogP contribution in [0.4, 0.5) is 4.79 Å². The van der Waals surface area contributed by atoms with Gasteiger partial charge in [0.05, 0.1) is 0 Å². The van der Waals surface area contributed by atoms with Crippen LogP contribution >= 0.6 is 0 Å². The van der Waals surface area contributed by atoms with Crippen LogP contribution in [0.3, 0.4) is 0 Å². The van der Waals surface area contributed by atoms with Crippen LogP contribution in [0.5, 0.6) is 11.5 Å². The Bertz CT molecular complexity index is 884. The van der Waals surface area contributed by atoms with E-state index < -0.39 is 18.3 Å². The first-order chi connectivity index (χ1) is 14.1. The number of para-hydroxylation sites is 1. The van der Waals surface area contributed by atoms with Gasteiger partial charge in [-0.25, -0.2) is 4.79 Å². The Labute approximate surface area is 169 Å². The van der Waals surface area contributed by atoms with Crippen LogP contribution in [-0.2, 0) is 11.3 Å². The number of benzene rings is 3. The minimum absolute atomic E-state index is 0.133. The van der Waals surface area contributed by atoms with E-state index in [-0.39, 0.29) is 13.2 Å². The molecule has 0 radical (unpaired) electrons. The molecule has 3 rings (SSSR count). The average Bonchev–Trinajstić information content (AvgIpc) is 2.77. The van der Waals surface area contributed by atoms with Gasteiger partial charge in [-0.2, -0.15) is 0 Å². The van der Waals surface area contributed by atoms with Crippen molar-refractivity contribution in [1.82, 2.24) is 5.32 Å². The van der Waals surface area contributed by atoms with Gasteiger partial charge in [-0.3, -0.25) is 0 Å². The van der Waals surface area contributed by atoms with Crippen molar-refractivity contribution in [2.75, 3.05) is 6.54 Å². The third kappa shape index (κ3) is 6.34.